The van der Waals surface area contributed by atoms with Gasteiger partial charge in [0.2, 0.25) is 0 Å². The maximum Gasteiger partial charge on any atom is 0.157 e. The van der Waals surface area contributed by atoms with Gasteiger partial charge in [-0.15, -0.1) is 12.4 Å². The van der Waals surface area contributed by atoms with Gasteiger partial charge >= 0.3 is 0 Å². The van der Waals surface area contributed by atoms with E-state index in [4.69, 9.17) is 4.98 Å². The van der Waals surface area contributed by atoms with Crippen LogP contribution in [0.4, 0.5) is 5.82 Å². The third-order valence-electron chi connectivity index (χ3n) is 6.35. The van der Waals surface area contributed by atoms with E-state index in [1.54, 1.807) is 0 Å². The Morgan fingerprint density at radius 1 is 1.14 bits per heavy atom. The van der Waals surface area contributed by atoms with Crippen LogP contribution in [0.2, 0.25) is 0 Å². The number of anilines is 1. The Kier molecular flexibility index (Phi) is 5.18. The van der Waals surface area contributed by atoms with E-state index >= 15 is 0 Å². The van der Waals surface area contributed by atoms with Gasteiger partial charge in [0.05, 0.1) is 16.6 Å². The summed E-state index contributed by atoms with van der Waals surface area (Å²) in [7, 11) is 0. The Hall–Kier alpha value is -2.29. The topological polar surface area (TPSA) is 64.6 Å². The largest absolute Gasteiger partial charge is 0.396 e. The van der Waals surface area contributed by atoms with E-state index in [2.05, 4.69) is 21.4 Å². The SMILES string of the molecule is Cl.N#Cc1c2c(c(N3CCC(CCO)CC3)n3c1nc1ccccc13)CCC2. The van der Waals surface area contributed by atoms with Crippen LogP contribution >= 0.6 is 12.4 Å². The van der Waals surface area contributed by atoms with Gasteiger partial charge in [-0.05, 0) is 67.7 Å². The summed E-state index contributed by atoms with van der Waals surface area (Å²) >= 11 is 0. The number of imidazole rings is 1. The van der Waals surface area contributed by atoms with Crippen molar-refractivity contribution in [3.8, 4) is 6.07 Å². The number of halogens is 1. The summed E-state index contributed by atoms with van der Waals surface area (Å²) in [6.45, 7) is 2.29. The van der Waals surface area contributed by atoms with Gasteiger partial charge in [0.15, 0.2) is 5.65 Å². The fraction of sp³-hybridized carbons (Fsp3) is 0.455. The highest BCUT2D eigenvalue weighted by Gasteiger charge is 2.30. The number of hydrogen-bond donors (Lipinski definition) is 1. The molecule has 0 spiro atoms. The second-order valence-corrected chi connectivity index (χ2v) is 7.82. The van der Waals surface area contributed by atoms with Gasteiger partial charge in [-0.3, -0.25) is 4.40 Å². The molecule has 1 aliphatic heterocycles. The van der Waals surface area contributed by atoms with Gasteiger partial charge in [-0.1, -0.05) is 12.1 Å². The van der Waals surface area contributed by atoms with Crippen LogP contribution in [0, 0.1) is 17.2 Å². The van der Waals surface area contributed by atoms with E-state index in [0.29, 0.717) is 5.92 Å². The number of pyridine rings is 1. The molecule has 5 rings (SSSR count). The zero-order valence-electron chi connectivity index (χ0n) is 15.9. The minimum atomic E-state index is 0. The molecule has 0 bridgehead atoms. The van der Waals surface area contributed by atoms with Gasteiger partial charge in [0, 0.05) is 19.7 Å². The van der Waals surface area contributed by atoms with E-state index in [0.717, 1.165) is 73.9 Å². The first kappa shape index (κ1) is 19.0. The number of para-hydroxylation sites is 2. The lowest BCUT2D eigenvalue weighted by Gasteiger charge is -2.35. The van der Waals surface area contributed by atoms with E-state index in [9.17, 15) is 10.4 Å². The number of nitriles is 1. The number of nitrogens with zero attached hydrogens (tertiary/aromatic N) is 4. The molecule has 0 radical (unpaired) electrons. The molecule has 1 N–H and O–H groups in total. The van der Waals surface area contributed by atoms with Gasteiger partial charge in [0.1, 0.15) is 11.9 Å². The minimum Gasteiger partial charge on any atom is -0.396 e. The predicted molar refractivity (Wildman–Crippen MR) is 113 cm³/mol. The van der Waals surface area contributed by atoms with E-state index in [1.807, 2.05) is 18.2 Å². The molecule has 0 saturated carbocycles. The number of benzene rings is 1. The molecule has 0 atom stereocenters. The molecule has 146 valence electrons. The highest BCUT2D eigenvalue weighted by molar-refractivity contribution is 5.86. The molecule has 5 nitrogen and oxygen atoms in total. The zero-order chi connectivity index (χ0) is 18.4. The van der Waals surface area contributed by atoms with Crippen molar-refractivity contribution < 1.29 is 5.11 Å². The molecule has 6 heteroatoms. The van der Waals surface area contributed by atoms with Crippen LogP contribution in [-0.4, -0.2) is 34.2 Å². The highest BCUT2D eigenvalue weighted by Crippen LogP contribution is 2.39. The lowest BCUT2D eigenvalue weighted by atomic mass is 9.93. The molecular formula is C22H25ClN4O. The molecule has 1 aromatic carbocycles. The van der Waals surface area contributed by atoms with Gasteiger partial charge in [-0.25, -0.2) is 4.98 Å². The van der Waals surface area contributed by atoms with Crippen LogP contribution in [0.25, 0.3) is 16.7 Å². The first-order chi connectivity index (χ1) is 13.3. The number of hydrogen-bond acceptors (Lipinski definition) is 4. The summed E-state index contributed by atoms with van der Waals surface area (Å²) in [5.74, 6) is 1.88. The van der Waals surface area contributed by atoms with Crippen molar-refractivity contribution in [2.24, 2.45) is 5.92 Å². The standard InChI is InChI=1S/C22H24N4O.ClH/c23-14-18-16-4-3-5-17(16)22(25-11-8-15(9-12-25)10-13-27)26-20-7-2-1-6-19(20)24-21(18)26;/h1-2,6-7,15,27H,3-5,8-13H2;1H. The molecule has 3 heterocycles. The van der Waals surface area contributed by atoms with Crippen molar-refractivity contribution in [3.05, 3.63) is 41.0 Å². The lowest BCUT2D eigenvalue weighted by molar-refractivity contribution is 0.240. The number of aliphatic hydroxyl groups is 1. The van der Waals surface area contributed by atoms with Crippen LogP contribution in [0.1, 0.15) is 42.4 Å². The first-order valence-corrected chi connectivity index (χ1v) is 10.0. The molecule has 1 saturated heterocycles. The smallest absolute Gasteiger partial charge is 0.157 e. The Morgan fingerprint density at radius 3 is 2.64 bits per heavy atom. The van der Waals surface area contributed by atoms with Crippen LogP contribution in [0.3, 0.4) is 0 Å². The van der Waals surface area contributed by atoms with Crippen LogP contribution < -0.4 is 4.90 Å². The Labute approximate surface area is 171 Å². The Bertz CT molecular complexity index is 1060. The summed E-state index contributed by atoms with van der Waals surface area (Å²) in [6.07, 6.45) is 6.27. The Morgan fingerprint density at radius 2 is 1.89 bits per heavy atom. The van der Waals surface area contributed by atoms with Crippen molar-refractivity contribution in [3.63, 3.8) is 0 Å². The molecule has 28 heavy (non-hydrogen) atoms. The highest BCUT2D eigenvalue weighted by atomic mass is 35.5. The molecule has 2 aromatic heterocycles. The van der Waals surface area contributed by atoms with E-state index < -0.39 is 0 Å². The summed E-state index contributed by atoms with van der Waals surface area (Å²) in [5.41, 5.74) is 6.18. The van der Waals surface area contributed by atoms with Gasteiger partial charge in [-0.2, -0.15) is 5.26 Å². The summed E-state index contributed by atoms with van der Waals surface area (Å²) in [6, 6.07) is 10.7. The van der Waals surface area contributed by atoms with Crippen LogP contribution in [-0.2, 0) is 12.8 Å². The second kappa shape index (κ2) is 7.62. The molecule has 2 aliphatic rings. The molecule has 3 aromatic rings. The van der Waals surface area contributed by atoms with E-state index in [1.165, 1.54) is 16.9 Å². The third kappa shape index (κ3) is 2.83. The molecule has 0 unspecified atom stereocenters. The molecule has 0 amide bonds. The van der Waals surface area contributed by atoms with Crippen LogP contribution in [0.15, 0.2) is 24.3 Å². The normalized spacial score (nSPS) is 16.9. The molecule has 1 fully saturated rings. The fourth-order valence-electron chi connectivity index (χ4n) is 5.01. The number of piperidine rings is 1. The van der Waals surface area contributed by atoms with Crippen LogP contribution in [0.5, 0.6) is 0 Å². The van der Waals surface area contributed by atoms with Crippen molar-refractivity contribution in [2.75, 3.05) is 24.6 Å². The van der Waals surface area contributed by atoms with Gasteiger partial charge < -0.3 is 10.0 Å². The fourth-order valence-corrected chi connectivity index (χ4v) is 5.01. The quantitative estimate of drug-likeness (QED) is 0.729. The number of fused-ring (bicyclic) bond motifs is 4. The predicted octanol–water partition coefficient (Wildman–Crippen LogP) is 3.87. The van der Waals surface area contributed by atoms with Crippen molar-refractivity contribution >= 4 is 34.9 Å². The number of rotatable bonds is 3. The van der Waals surface area contributed by atoms with Gasteiger partial charge in [0.25, 0.3) is 0 Å². The minimum absolute atomic E-state index is 0. The summed E-state index contributed by atoms with van der Waals surface area (Å²) in [4.78, 5) is 7.34. The first-order valence-electron chi connectivity index (χ1n) is 10.0. The lowest BCUT2D eigenvalue weighted by Crippen LogP contribution is -2.36. The average molecular weight is 397 g/mol. The average Bonchev–Trinajstić information content (AvgIpc) is 3.32. The molecule has 1 aliphatic carbocycles. The van der Waals surface area contributed by atoms with E-state index in [-0.39, 0.29) is 19.0 Å². The Balaban J connectivity index is 0.00000192. The molecular weight excluding hydrogens is 372 g/mol. The maximum atomic E-state index is 9.88. The van der Waals surface area contributed by atoms with Crippen molar-refractivity contribution in [2.45, 2.75) is 38.5 Å². The maximum absolute atomic E-state index is 9.88. The zero-order valence-corrected chi connectivity index (χ0v) is 16.7. The monoisotopic (exact) mass is 396 g/mol. The van der Waals surface area contributed by atoms with Crippen molar-refractivity contribution in [1.82, 2.24) is 9.38 Å². The number of aliphatic hydroxyl groups excluding tert-OH is 1. The summed E-state index contributed by atoms with van der Waals surface area (Å²) in [5, 5.41) is 19.1. The summed E-state index contributed by atoms with van der Waals surface area (Å²) < 4.78 is 2.24. The second-order valence-electron chi connectivity index (χ2n) is 7.82. The van der Waals surface area contributed by atoms with Crippen molar-refractivity contribution in [1.29, 1.82) is 5.26 Å². The number of aromatic nitrogens is 2. The third-order valence-corrected chi connectivity index (χ3v) is 6.35.